The van der Waals surface area contributed by atoms with Gasteiger partial charge in [-0.1, -0.05) is 26.2 Å². The minimum atomic E-state index is -2.81. The summed E-state index contributed by atoms with van der Waals surface area (Å²) in [5, 5.41) is 3.76. The highest BCUT2D eigenvalue weighted by Crippen LogP contribution is 2.50. The van der Waals surface area contributed by atoms with Gasteiger partial charge in [-0.25, -0.2) is 8.42 Å². The number of piperidine rings is 1. The van der Waals surface area contributed by atoms with E-state index in [9.17, 15) is 8.42 Å². The number of aliphatic imine (C=N–C) groups is 1. The zero-order chi connectivity index (χ0) is 18.2. The third-order valence-electron chi connectivity index (χ3n) is 7.55. The van der Waals surface area contributed by atoms with Gasteiger partial charge in [-0.2, -0.15) is 0 Å². The van der Waals surface area contributed by atoms with Crippen LogP contribution in [0.25, 0.3) is 0 Å². The van der Waals surface area contributed by atoms with E-state index >= 15 is 0 Å². The molecule has 0 aromatic heterocycles. The fraction of sp³-hybridized carbons (Fsp3) is 0.950. The summed E-state index contributed by atoms with van der Waals surface area (Å²) in [6, 6.07) is 0.553. The maximum absolute atomic E-state index is 11.8. The van der Waals surface area contributed by atoms with Crippen molar-refractivity contribution in [1.29, 1.82) is 0 Å². The zero-order valence-electron chi connectivity index (χ0n) is 16.3. The molecule has 148 valence electrons. The van der Waals surface area contributed by atoms with Crippen LogP contribution in [0.5, 0.6) is 0 Å². The number of likely N-dealkylation sites (tertiary alicyclic amines) is 1. The molecule has 2 unspecified atom stereocenters. The highest BCUT2D eigenvalue weighted by Gasteiger charge is 2.46. The van der Waals surface area contributed by atoms with Crippen LogP contribution in [-0.4, -0.2) is 56.5 Å². The van der Waals surface area contributed by atoms with Crippen molar-refractivity contribution in [2.45, 2.75) is 70.8 Å². The van der Waals surface area contributed by atoms with Crippen molar-refractivity contribution >= 4 is 15.8 Å². The van der Waals surface area contributed by atoms with Crippen LogP contribution >= 0.6 is 0 Å². The van der Waals surface area contributed by atoms with E-state index in [1.807, 2.05) is 0 Å². The van der Waals surface area contributed by atoms with Crippen LogP contribution in [0.2, 0.25) is 0 Å². The number of nitrogens with one attached hydrogen (secondary N) is 1. The summed E-state index contributed by atoms with van der Waals surface area (Å²) in [6.45, 7) is 5.31. The number of sulfone groups is 1. The van der Waals surface area contributed by atoms with Crippen LogP contribution in [-0.2, 0) is 9.84 Å². The lowest BCUT2D eigenvalue weighted by Gasteiger charge is -2.53. The summed E-state index contributed by atoms with van der Waals surface area (Å²) in [5.74, 6) is 2.78. The Morgan fingerprint density at radius 1 is 1.15 bits per heavy atom. The molecule has 0 bridgehead atoms. The van der Waals surface area contributed by atoms with Crippen LogP contribution < -0.4 is 5.32 Å². The number of nitrogens with zero attached hydrogens (tertiary/aromatic N) is 2. The van der Waals surface area contributed by atoms with Crippen LogP contribution in [0.15, 0.2) is 4.99 Å². The lowest BCUT2D eigenvalue weighted by Crippen LogP contribution is -2.57. The number of guanidine groups is 1. The molecule has 2 heterocycles. The van der Waals surface area contributed by atoms with Crippen LogP contribution in [0.1, 0.15) is 64.7 Å². The topological polar surface area (TPSA) is 61.8 Å². The fourth-order valence-electron chi connectivity index (χ4n) is 5.45. The second-order valence-electron chi connectivity index (χ2n) is 9.39. The van der Waals surface area contributed by atoms with E-state index in [0.717, 1.165) is 31.4 Å². The molecular weight excluding hydrogens is 346 g/mol. The number of hydrogen-bond donors (Lipinski definition) is 1. The van der Waals surface area contributed by atoms with Gasteiger partial charge in [0.05, 0.1) is 11.5 Å². The Labute approximate surface area is 158 Å². The molecule has 0 aromatic rings. The standard InChI is InChI=1S/C20H35N3O2S/c1-16-7-11-23(15-20(16)9-4-10-20)19(22-18-5-2-3-6-18)21-13-17-8-12-26(24,25)14-17/h16-18H,2-15H2,1H3,(H,21,22). The lowest BCUT2D eigenvalue weighted by molar-refractivity contribution is -0.00532. The van der Waals surface area contributed by atoms with Crippen molar-refractivity contribution in [2.24, 2.45) is 22.2 Å². The van der Waals surface area contributed by atoms with Crippen molar-refractivity contribution in [3.05, 3.63) is 0 Å². The molecule has 6 heteroatoms. The fourth-order valence-corrected chi connectivity index (χ4v) is 7.30. The monoisotopic (exact) mass is 381 g/mol. The summed E-state index contributed by atoms with van der Waals surface area (Å²) >= 11 is 0. The van der Waals surface area contributed by atoms with Gasteiger partial charge in [0.15, 0.2) is 15.8 Å². The average molecular weight is 382 g/mol. The van der Waals surface area contributed by atoms with Crippen molar-refractivity contribution in [1.82, 2.24) is 10.2 Å². The Morgan fingerprint density at radius 3 is 2.54 bits per heavy atom. The summed E-state index contributed by atoms with van der Waals surface area (Å²) in [4.78, 5) is 7.48. The molecular formula is C20H35N3O2S. The molecule has 5 nitrogen and oxygen atoms in total. The largest absolute Gasteiger partial charge is 0.354 e. The Balaban J connectivity index is 1.46. The minimum absolute atomic E-state index is 0.210. The molecule has 4 fully saturated rings. The highest BCUT2D eigenvalue weighted by molar-refractivity contribution is 7.91. The first-order valence-corrected chi connectivity index (χ1v) is 12.5. The maximum atomic E-state index is 11.8. The third-order valence-corrected chi connectivity index (χ3v) is 9.38. The summed E-state index contributed by atoms with van der Waals surface area (Å²) in [5.41, 5.74) is 0.507. The van der Waals surface area contributed by atoms with E-state index in [2.05, 4.69) is 17.1 Å². The average Bonchev–Trinajstić information content (AvgIpc) is 3.19. The Hall–Kier alpha value is -0.780. The Kier molecular flexibility index (Phi) is 5.23. The van der Waals surface area contributed by atoms with Crippen molar-refractivity contribution in [2.75, 3.05) is 31.1 Å². The van der Waals surface area contributed by atoms with Gasteiger partial charge >= 0.3 is 0 Å². The molecule has 2 aliphatic heterocycles. The third kappa shape index (κ3) is 3.90. The Morgan fingerprint density at radius 2 is 1.92 bits per heavy atom. The molecule has 2 saturated carbocycles. The van der Waals surface area contributed by atoms with Crippen LogP contribution in [0.4, 0.5) is 0 Å². The molecule has 1 spiro atoms. The zero-order valence-corrected chi connectivity index (χ0v) is 17.1. The molecule has 2 saturated heterocycles. The lowest BCUT2D eigenvalue weighted by atomic mass is 9.59. The van der Waals surface area contributed by atoms with Gasteiger partial charge in [0.1, 0.15) is 0 Å². The molecule has 1 N–H and O–H groups in total. The normalized spacial score (nSPS) is 34.2. The van der Waals surface area contributed by atoms with Gasteiger partial charge in [0.2, 0.25) is 0 Å². The first-order valence-electron chi connectivity index (χ1n) is 10.7. The van der Waals surface area contributed by atoms with Gasteiger partial charge in [-0.05, 0) is 55.8 Å². The van der Waals surface area contributed by atoms with Crippen LogP contribution in [0.3, 0.4) is 0 Å². The second-order valence-corrected chi connectivity index (χ2v) is 11.6. The molecule has 0 aromatic carbocycles. The molecule has 4 aliphatic rings. The summed E-state index contributed by atoms with van der Waals surface area (Å²) in [6.07, 6.45) is 11.2. The molecule has 2 aliphatic carbocycles. The van der Waals surface area contributed by atoms with Crippen molar-refractivity contribution in [3.8, 4) is 0 Å². The van der Waals surface area contributed by atoms with Gasteiger partial charge in [-0.3, -0.25) is 4.99 Å². The predicted octanol–water partition coefficient (Wildman–Crippen LogP) is 2.82. The maximum Gasteiger partial charge on any atom is 0.194 e. The quantitative estimate of drug-likeness (QED) is 0.603. The first kappa shape index (κ1) is 18.6. The molecule has 4 rings (SSSR count). The second kappa shape index (κ2) is 7.33. The van der Waals surface area contributed by atoms with Crippen LogP contribution in [0, 0.1) is 17.3 Å². The summed E-state index contributed by atoms with van der Waals surface area (Å²) < 4.78 is 23.5. The number of hydrogen-bond acceptors (Lipinski definition) is 3. The van der Waals surface area contributed by atoms with Gasteiger partial charge in [0.25, 0.3) is 0 Å². The van der Waals surface area contributed by atoms with Crippen molar-refractivity contribution < 1.29 is 8.42 Å². The highest BCUT2D eigenvalue weighted by atomic mass is 32.2. The predicted molar refractivity (Wildman–Crippen MR) is 106 cm³/mol. The first-order chi connectivity index (χ1) is 12.5. The summed E-state index contributed by atoms with van der Waals surface area (Å²) in [7, 11) is -2.81. The van der Waals surface area contributed by atoms with E-state index in [4.69, 9.17) is 4.99 Å². The molecule has 0 amide bonds. The van der Waals surface area contributed by atoms with Gasteiger partial charge < -0.3 is 10.2 Å². The van der Waals surface area contributed by atoms with E-state index in [0.29, 0.717) is 29.5 Å². The SMILES string of the molecule is CC1CCN(C(=NCC2CCS(=O)(=O)C2)NC2CCCC2)CC12CCC2. The van der Waals surface area contributed by atoms with Gasteiger partial charge in [0, 0.05) is 25.7 Å². The van der Waals surface area contributed by atoms with E-state index in [-0.39, 0.29) is 5.92 Å². The van der Waals surface area contributed by atoms with Gasteiger partial charge in [-0.15, -0.1) is 0 Å². The Bertz CT molecular complexity index is 635. The van der Waals surface area contributed by atoms with Crippen molar-refractivity contribution in [3.63, 3.8) is 0 Å². The molecule has 0 radical (unpaired) electrons. The van der Waals surface area contributed by atoms with E-state index in [1.165, 1.54) is 51.4 Å². The minimum Gasteiger partial charge on any atom is -0.354 e. The van der Waals surface area contributed by atoms with E-state index < -0.39 is 9.84 Å². The van der Waals surface area contributed by atoms with E-state index in [1.54, 1.807) is 0 Å². The molecule has 2 atom stereocenters. The molecule has 26 heavy (non-hydrogen) atoms. The number of rotatable bonds is 3. The smallest absolute Gasteiger partial charge is 0.194 e.